The number of nitrogens with one attached hydrogen (secondary N) is 1. The Hall–Kier alpha value is -0.810. The summed E-state index contributed by atoms with van der Waals surface area (Å²) in [6.07, 6.45) is 2.66. The second-order valence-corrected chi connectivity index (χ2v) is 5.53. The van der Waals surface area contributed by atoms with Gasteiger partial charge in [-0.25, -0.2) is 0 Å². The number of rotatable bonds is 3. The summed E-state index contributed by atoms with van der Waals surface area (Å²) in [7, 11) is 3.72. The van der Waals surface area contributed by atoms with Crippen LogP contribution in [0.2, 0.25) is 0 Å². The molecule has 0 bridgehead atoms. The fourth-order valence-electron chi connectivity index (χ4n) is 3.01. The molecule has 0 aromatic rings. The number of likely N-dealkylation sites (tertiary alicyclic amines) is 2. The summed E-state index contributed by atoms with van der Waals surface area (Å²) in [6, 6.07) is 0. The van der Waals surface area contributed by atoms with Gasteiger partial charge in [0.05, 0.1) is 5.92 Å². The number of piperidine rings is 1. The molecule has 2 aliphatic heterocycles. The molecule has 2 rings (SSSR count). The highest BCUT2D eigenvalue weighted by molar-refractivity contribution is 5.89. The molecule has 2 heterocycles. The standard InChI is InChI=1S/C13H23N3O2.ClH/c1-14-7-10-4-3-5-16(8-10)13(18)11-6-12(17)15(2)9-11;/h10-11,14H,3-9H2,1-2H3;1H. The largest absolute Gasteiger partial charge is 0.345 e. The third kappa shape index (κ3) is 3.83. The van der Waals surface area contributed by atoms with Crippen LogP contribution in [-0.2, 0) is 9.59 Å². The Kier molecular flexibility index (Phi) is 6.07. The molecule has 0 aliphatic carbocycles. The van der Waals surface area contributed by atoms with Crippen LogP contribution in [0.4, 0.5) is 0 Å². The Labute approximate surface area is 121 Å². The van der Waals surface area contributed by atoms with Crippen molar-refractivity contribution in [1.29, 1.82) is 0 Å². The van der Waals surface area contributed by atoms with E-state index >= 15 is 0 Å². The lowest BCUT2D eigenvalue weighted by atomic mass is 9.96. The maximum absolute atomic E-state index is 12.4. The van der Waals surface area contributed by atoms with Crippen molar-refractivity contribution in [2.75, 3.05) is 40.3 Å². The van der Waals surface area contributed by atoms with Gasteiger partial charge in [-0.2, -0.15) is 0 Å². The zero-order valence-corrected chi connectivity index (χ0v) is 12.5. The van der Waals surface area contributed by atoms with Crippen LogP contribution in [0.15, 0.2) is 0 Å². The molecule has 19 heavy (non-hydrogen) atoms. The van der Waals surface area contributed by atoms with Gasteiger partial charge in [-0.3, -0.25) is 9.59 Å². The van der Waals surface area contributed by atoms with Crippen molar-refractivity contribution in [3.8, 4) is 0 Å². The molecule has 2 fully saturated rings. The van der Waals surface area contributed by atoms with E-state index in [4.69, 9.17) is 0 Å². The van der Waals surface area contributed by atoms with Gasteiger partial charge in [0.25, 0.3) is 0 Å². The fraction of sp³-hybridized carbons (Fsp3) is 0.846. The molecule has 2 amide bonds. The molecule has 0 spiro atoms. The lowest BCUT2D eigenvalue weighted by Crippen LogP contribution is -2.45. The maximum atomic E-state index is 12.4. The molecule has 2 aliphatic rings. The van der Waals surface area contributed by atoms with E-state index in [0.29, 0.717) is 18.9 Å². The van der Waals surface area contributed by atoms with Crippen LogP contribution in [0.1, 0.15) is 19.3 Å². The van der Waals surface area contributed by atoms with Crippen LogP contribution in [0.5, 0.6) is 0 Å². The van der Waals surface area contributed by atoms with E-state index in [1.807, 2.05) is 11.9 Å². The summed E-state index contributed by atoms with van der Waals surface area (Å²) >= 11 is 0. The SMILES string of the molecule is CNCC1CCCN(C(=O)C2CC(=O)N(C)C2)C1.Cl. The minimum atomic E-state index is -0.115. The summed E-state index contributed by atoms with van der Waals surface area (Å²) in [6.45, 7) is 3.25. The monoisotopic (exact) mass is 289 g/mol. The van der Waals surface area contributed by atoms with E-state index in [1.54, 1.807) is 11.9 Å². The van der Waals surface area contributed by atoms with E-state index in [-0.39, 0.29) is 30.1 Å². The van der Waals surface area contributed by atoms with Crippen LogP contribution in [0, 0.1) is 11.8 Å². The number of hydrogen-bond donors (Lipinski definition) is 1. The Morgan fingerprint density at radius 1 is 1.42 bits per heavy atom. The second-order valence-electron chi connectivity index (χ2n) is 5.53. The van der Waals surface area contributed by atoms with Gasteiger partial charge >= 0.3 is 0 Å². The van der Waals surface area contributed by atoms with Gasteiger partial charge in [-0.1, -0.05) is 0 Å². The lowest BCUT2D eigenvalue weighted by molar-refractivity contribution is -0.137. The van der Waals surface area contributed by atoms with Crippen LogP contribution in [-0.4, -0.2) is 61.9 Å². The lowest BCUT2D eigenvalue weighted by Gasteiger charge is -2.34. The van der Waals surface area contributed by atoms with E-state index in [9.17, 15) is 9.59 Å². The number of carbonyl (C=O) groups excluding carboxylic acids is 2. The summed E-state index contributed by atoms with van der Waals surface area (Å²) in [5.74, 6) is 0.712. The molecule has 0 saturated carbocycles. The Morgan fingerprint density at radius 2 is 2.16 bits per heavy atom. The predicted molar refractivity (Wildman–Crippen MR) is 76.2 cm³/mol. The molecule has 1 N–H and O–H groups in total. The molecule has 6 heteroatoms. The molecule has 2 atom stereocenters. The van der Waals surface area contributed by atoms with Crippen molar-refractivity contribution in [3.63, 3.8) is 0 Å². The second kappa shape index (κ2) is 7.10. The summed E-state index contributed by atoms with van der Waals surface area (Å²) in [4.78, 5) is 27.5. The first-order valence-electron chi connectivity index (χ1n) is 6.79. The molecule has 0 aromatic heterocycles. The maximum Gasteiger partial charge on any atom is 0.228 e. The molecule has 2 saturated heterocycles. The number of nitrogens with zero attached hydrogens (tertiary/aromatic N) is 2. The molecule has 0 radical (unpaired) electrons. The normalized spacial score (nSPS) is 27.4. The smallest absolute Gasteiger partial charge is 0.228 e. The van der Waals surface area contributed by atoms with Crippen LogP contribution in [0.25, 0.3) is 0 Å². The van der Waals surface area contributed by atoms with Crippen molar-refractivity contribution in [2.45, 2.75) is 19.3 Å². The quantitative estimate of drug-likeness (QED) is 0.815. The summed E-state index contributed by atoms with van der Waals surface area (Å²) in [5, 5.41) is 3.18. The van der Waals surface area contributed by atoms with Crippen LogP contribution in [0.3, 0.4) is 0 Å². The van der Waals surface area contributed by atoms with Gasteiger partial charge in [0.2, 0.25) is 11.8 Å². The van der Waals surface area contributed by atoms with Gasteiger partial charge in [-0.05, 0) is 32.4 Å². The molecule has 2 unspecified atom stereocenters. The van der Waals surface area contributed by atoms with E-state index in [1.165, 1.54) is 6.42 Å². The Balaban J connectivity index is 0.00000180. The third-order valence-electron chi connectivity index (χ3n) is 4.01. The zero-order chi connectivity index (χ0) is 13.1. The van der Waals surface area contributed by atoms with Crippen molar-refractivity contribution in [1.82, 2.24) is 15.1 Å². The number of amides is 2. The minimum absolute atomic E-state index is 0. The first kappa shape index (κ1) is 16.2. The molecule has 0 aromatic carbocycles. The van der Waals surface area contributed by atoms with E-state index < -0.39 is 0 Å². The van der Waals surface area contributed by atoms with Crippen molar-refractivity contribution >= 4 is 24.2 Å². The van der Waals surface area contributed by atoms with Gasteiger partial charge in [-0.15, -0.1) is 12.4 Å². The summed E-state index contributed by atoms with van der Waals surface area (Å²) < 4.78 is 0. The van der Waals surface area contributed by atoms with Gasteiger partial charge in [0.1, 0.15) is 0 Å². The van der Waals surface area contributed by atoms with Gasteiger partial charge in [0.15, 0.2) is 0 Å². The molecule has 5 nitrogen and oxygen atoms in total. The number of halogens is 1. The average Bonchev–Trinajstić information content (AvgIpc) is 2.69. The average molecular weight is 290 g/mol. The minimum Gasteiger partial charge on any atom is -0.345 e. The highest BCUT2D eigenvalue weighted by Crippen LogP contribution is 2.22. The van der Waals surface area contributed by atoms with Crippen LogP contribution >= 0.6 is 12.4 Å². The van der Waals surface area contributed by atoms with E-state index in [0.717, 1.165) is 26.1 Å². The van der Waals surface area contributed by atoms with E-state index in [2.05, 4.69) is 5.32 Å². The van der Waals surface area contributed by atoms with Crippen molar-refractivity contribution < 1.29 is 9.59 Å². The fourth-order valence-corrected chi connectivity index (χ4v) is 3.01. The molecular weight excluding hydrogens is 266 g/mol. The number of carbonyl (C=O) groups is 2. The first-order valence-corrected chi connectivity index (χ1v) is 6.79. The highest BCUT2D eigenvalue weighted by Gasteiger charge is 2.36. The van der Waals surface area contributed by atoms with Gasteiger partial charge < -0.3 is 15.1 Å². The third-order valence-corrected chi connectivity index (χ3v) is 4.01. The topological polar surface area (TPSA) is 52.7 Å². The van der Waals surface area contributed by atoms with Gasteiger partial charge in [0, 0.05) is 33.1 Å². The number of hydrogen-bond acceptors (Lipinski definition) is 3. The predicted octanol–water partition coefficient (Wildman–Crippen LogP) is 0.345. The molecule has 110 valence electrons. The summed E-state index contributed by atoms with van der Waals surface area (Å²) in [5.41, 5.74) is 0. The van der Waals surface area contributed by atoms with Crippen molar-refractivity contribution in [3.05, 3.63) is 0 Å². The first-order chi connectivity index (χ1) is 8.61. The Bertz CT molecular complexity index is 336. The van der Waals surface area contributed by atoms with Crippen molar-refractivity contribution in [2.24, 2.45) is 11.8 Å². The Morgan fingerprint density at radius 3 is 2.74 bits per heavy atom. The van der Waals surface area contributed by atoms with Crippen LogP contribution < -0.4 is 5.32 Å². The molecular formula is C13H24ClN3O2. The highest BCUT2D eigenvalue weighted by atomic mass is 35.5. The zero-order valence-electron chi connectivity index (χ0n) is 11.7.